The number of carbonyl (C=O) groups excluding carboxylic acids is 1. The van der Waals surface area contributed by atoms with Gasteiger partial charge in [-0.2, -0.15) is 0 Å². The van der Waals surface area contributed by atoms with Crippen molar-refractivity contribution in [1.82, 2.24) is 0 Å². The normalized spacial score (nSPS) is 10.3. The van der Waals surface area contributed by atoms with Crippen molar-refractivity contribution in [2.45, 2.75) is 19.9 Å². The first kappa shape index (κ1) is 14.1. The van der Waals surface area contributed by atoms with Gasteiger partial charge in [-0.3, -0.25) is 4.79 Å². The Balaban J connectivity index is 2.38. The van der Waals surface area contributed by atoms with Gasteiger partial charge in [0.05, 0.1) is 0 Å². The third kappa shape index (κ3) is 2.97. The number of carbonyl (C=O) groups is 1. The van der Waals surface area contributed by atoms with Crippen LogP contribution in [0, 0.1) is 0 Å². The third-order valence-corrected chi connectivity index (χ3v) is 3.23. The molecule has 0 aliphatic rings. The van der Waals surface area contributed by atoms with E-state index in [1.54, 1.807) is 0 Å². The minimum atomic E-state index is 0.326. The molecule has 0 heterocycles. The maximum atomic E-state index is 10.7. The highest BCUT2D eigenvalue weighted by Gasteiger charge is 2.12. The van der Waals surface area contributed by atoms with E-state index in [2.05, 4.69) is 49.6 Å². The van der Waals surface area contributed by atoms with Crippen LogP contribution in [0.15, 0.2) is 55.1 Å². The lowest BCUT2D eigenvalue weighted by molar-refractivity contribution is 0.112. The minimum absolute atomic E-state index is 0.326. The van der Waals surface area contributed by atoms with Gasteiger partial charge in [0, 0.05) is 23.0 Å². The summed E-state index contributed by atoms with van der Waals surface area (Å²) in [4.78, 5) is 13.0. The van der Waals surface area contributed by atoms with Crippen LogP contribution in [0.4, 0.5) is 11.4 Å². The highest BCUT2D eigenvalue weighted by Crippen LogP contribution is 2.28. The highest BCUT2D eigenvalue weighted by atomic mass is 16.1. The van der Waals surface area contributed by atoms with Crippen LogP contribution in [0.1, 0.15) is 29.8 Å². The molecule has 0 aromatic heterocycles. The summed E-state index contributed by atoms with van der Waals surface area (Å²) in [5.41, 5.74) is 4.01. The van der Waals surface area contributed by atoms with Crippen LogP contribution >= 0.6 is 0 Å². The van der Waals surface area contributed by atoms with Gasteiger partial charge in [0.15, 0.2) is 0 Å². The highest BCUT2D eigenvalue weighted by molar-refractivity contribution is 5.76. The summed E-state index contributed by atoms with van der Waals surface area (Å²) in [6.45, 7) is 8.07. The molecular formula is C18H19NO. The molecule has 0 spiro atoms. The molecule has 0 saturated carbocycles. The Morgan fingerprint density at radius 1 is 0.900 bits per heavy atom. The first-order valence-corrected chi connectivity index (χ1v) is 6.72. The number of benzene rings is 2. The van der Waals surface area contributed by atoms with E-state index in [-0.39, 0.29) is 0 Å². The molecule has 2 aromatic carbocycles. The van der Waals surface area contributed by atoms with E-state index in [0.717, 1.165) is 23.2 Å². The lowest BCUT2D eigenvalue weighted by atomic mass is 10.1. The van der Waals surface area contributed by atoms with Crippen LogP contribution < -0.4 is 4.90 Å². The van der Waals surface area contributed by atoms with Crippen molar-refractivity contribution in [2.75, 3.05) is 4.90 Å². The molecule has 2 nitrogen and oxygen atoms in total. The van der Waals surface area contributed by atoms with Crippen molar-refractivity contribution in [3.8, 4) is 0 Å². The van der Waals surface area contributed by atoms with E-state index in [0.29, 0.717) is 11.6 Å². The maximum absolute atomic E-state index is 10.7. The lowest BCUT2D eigenvalue weighted by Crippen LogP contribution is -2.25. The SMILES string of the molecule is C=Cc1ccc(N(c2ccc(C=O)cc2)C(C)C)cc1. The van der Waals surface area contributed by atoms with Gasteiger partial charge in [0.1, 0.15) is 6.29 Å². The van der Waals surface area contributed by atoms with Gasteiger partial charge in [0.25, 0.3) is 0 Å². The number of hydrogen-bond acceptors (Lipinski definition) is 2. The molecule has 0 aliphatic carbocycles. The largest absolute Gasteiger partial charge is 0.339 e. The molecule has 0 fully saturated rings. The van der Waals surface area contributed by atoms with Crippen LogP contribution in [0.2, 0.25) is 0 Å². The van der Waals surface area contributed by atoms with Gasteiger partial charge >= 0.3 is 0 Å². The number of rotatable bonds is 5. The zero-order chi connectivity index (χ0) is 14.5. The molecule has 2 heteroatoms. The van der Waals surface area contributed by atoms with Gasteiger partial charge < -0.3 is 4.90 Å². The molecule has 0 radical (unpaired) electrons. The summed E-state index contributed by atoms with van der Waals surface area (Å²) in [6.07, 6.45) is 2.70. The number of anilines is 2. The average molecular weight is 265 g/mol. The maximum Gasteiger partial charge on any atom is 0.150 e. The predicted molar refractivity (Wildman–Crippen MR) is 85.6 cm³/mol. The smallest absolute Gasteiger partial charge is 0.150 e. The molecular weight excluding hydrogens is 246 g/mol. The summed E-state index contributed by atoms with van der Waals surface area (Å²) >= 11 is 0. The van der Waals surface area contributed by atoms with Crippen LogP contribution in [0.5, 0.6) is 0 Å². The first-order valence-electron chi connectivity index (χ1n) is 6.72. The molecule has 0 atom stereocenters. The van der Waals surface area contributed by atoms with Crippen molar-refractivity contribution in [3.05, 3.63) is 66.2 Å². The topological polar surface area (TPSA) is 20.3 Å². The van der Waals surface area contributed by atoms with Crippen molar-refractivity contribution in [1.29, 1.82) is 0 Å². The second-order valence-electron chi connectivity index (χ2n) is 4.97. The van der Waals surface area contributed by atoms with Crippen molar-refractivity contribution >= 4 is 23.7 Å². The van der Waals surface area contributed by atoms with E-state index >= 15 is 0 Å². The fourth-order valence-electron chi connectivity index (χ4n) is 2.23. The van der Waals surface area contributed by atoms with E-state index < -0.39 is 0 Å². The number of aldehydes is 1. The van der Waals surface area contributed by atoms with Gasteiger partial charge in [-0.15, -0.1) is 0 Å². The Kier molecular flexibility index (Phi) is 4.36. The van der Waals surface area contributed by atoms with Crippen molar-refractivity contribution in [2.24, 2.45) is 0 Å². The Hall–Kier alpha value is -2.35. The minimum Gasteiger partial charge on any atom is -0.339 e. The third-order valence-electron chi connectivity index (χ3n) is 3.23. The summed E-state index contributed by atoms with van der Waals surface area (Å²) in [6, 6.07) is 16.2. The fraction of sp³-hybridized carbons (Fsp3) is 0.167. The van der Waals surface area contributed by atoms with Crippen LogP contribution in [0.25, 0.3) is 6.08 Å². The molecule has 20 heavy (non-hydrogen) atoms. The molecule has 0 amide bonds. The van der Waals surface area contributed by atoms with Crippen LogP contribution in [0.3, 0.4) is 0 Å². The summed E-state index contributed by atoms with van der Waals surface area (Å²) in [7, 11) is 0. The second-order valence-corrected chi connectivity index (χ2v) is 4.97. The van der Waals surface area contributed by atoms with Crippen LogP contribution in [-0.4, -0.2) is 12.3 Å². The number of hydrogen-bond donors (Lipinski definition) is 0. The van der Waals surface area contributed by atoms with Gasteiger partial charge in [0.2, 0.25) is 0 Å². The second kappa shape index (κ2) is 6.20. The first-order chi connectivity index (χ1) is 9.65. The van der Waals surface area contributed by atoms with Crippen molar-refractivity contribution in [3.63, 3.8) is 0 Å². The van der Waals surface area contributed by atoms with E-state index in [1.807, 2.05) is 30.3 Å². The quantitative estimate of drug-likeness (QED) is 0.731. The molecule has 0 saturated heterocycles. The molecule has 0 bridgehead atoms. The fourth-order valence-corrected chi connectivity index (χ4v) is 2.23. The van der Waals surface area contributed by atoms with Crippen molar-refractivity contribution < 1.29 is 4.79 Å². The molecule has 2 aromatic rings. The van der Waals surface area contributed by atoms with Gasteiger partial charge in [-0.05, 0) is 55.8 Å². The zero-order valence-electron chi connectivity index (χ0n) is 11.9. The van der Waals surface area contributed by atoms with E-state index in [4.69, 9.17) is 0 Å². The Morgan fingerprint density at radius 3 is 1.70 bits per heavy atom. The van der Waals surface area contributed by atoms with Crippen LogP contribution in [-0.2, 0) is 0 Å². The molecule has 2 rings (SSSR count). The molecule has 102 valence electrons. The predicted octanol–water partition coefficient (Wildman–Crippen LogP) is 4.69. The molecule has 0 aliphatic heterocycles. The Labute approximate surface area is 120 Å². The standard InChI is InChI=1S/C18H19NO/c1-4-15-5-9-17(10-6-15)19(14(2)3)18-11-7-16(13-20)8-12-18/h4-14H,1H2,2-3H3. The van der Waals surface area contributed by atoms with E-state index in [1.165, 1.54) is 0 Å². The van der Waals surface area contributed by atoms with E-state index in [9.17, 15) is 4.79 Å². The van der Waals surface area contributed by atoms with Gasteiger partial charge in [-0.1, -0.05) is 24.8 Å². The summed E-state index contributed by atoms with van der Waals surface area (Å²) in [5.74, 6) is 0. The monoisotopic (exact) mass is 265 g/mol. The lowest BCUT2D eigenvalue weighted by Gasteiger charge is -2.29. The summed E-state index contributed by atoms with van der Waals surface area (Å²) < 4.78 is 0. The zero-order valence-corrected chi connectivity index (χ0v) is 11.9. The molecule has 0 unspecified atom stereocenters. The summed E-state index contributed by atoms with van der Waals surface area (Å²) in [5, 5.41) is 0. The number of nitrogens with zero attached hydrogens (tertiary/aromatic N) is 1. The average Bonchev–Trinajstić information content (AvgIpc) is 2.48. The van der Waals surface area contributed by atoms with Gasteiger partial charge in [-0.25, -0.2) is 0 Å². The Morgan fingerprint density at radius 2 is 1.35 bits per heavy atom. The molecule has 0 N–H and O–H groups in total. The Bertz CT molecular complexity index is 530.